The summed E-state index contributed by atoms with van der Waals surface area (Å²) in [6.45, 7) is 1.59. The minimum absolute atomic E-state index is 0.0607. The molecule has 0 radical (unpaired) electrons. The number of rotatable bonds is 5. The van der Waals surface area contributed by atoms with E-state index >= 15 is 0 Å². The highest BCUT2D eigenvalue weighted by molar-refractivity contribution is 5.77. The van der Waals surface area contributed by atoms with Crippen LogP contribution in [0.4, 0.5) is 4.39 Å². The van der Waals surface area contributed by atoms with Gasteiger partial charge >= 0.3 is 5.69 Å². The molecule has 1 saturated carbocycles. The van der Waals surface area contributed by atoms with Gasteiger partial charge in [-0.15, -0.1) is 0 Å². The summed E-state index contributed by atoms with van der Waals surface area (Å²) in [5, 5.41) is 0. The Labute approximate surface area is 137 Å². The molecule has 3 rings (SSSR count). The number of H-pyrrole nitrogens is 1. The number of nitrogens with one attached hydrogen (secondary N) is 1. The molecular formula is C17H18FN3O3. The van der Waals surface area contributed by atoms with Crippen molar-refractivity contribution in [1.29, 1.82) is 0 Å². The first-order valence-corrected chi connectivity index (χ1v) is 7.82. The Bertz CT molecular complexity index is 870. The first-order chi connectivity index (χ1) is 11.5. The fourth-order valence-electron chi connectivity index (χ4n) is 2.85. The zero-order chi connectivity index (χ0) is 17.3. The zero-order valence-electron chi connectivity index (χ0n) is 13.2. The van der Waals surface area contributed by atoms with E-state index in [2.05, 4.69) is 4.98 Å². The Morgan fingerprint density at radius 2 is 2.04 bits per heavy atom. The molecule has 126 valence electrons. The Kier molecular flexibility index (Phi) is 4.33. The molecule has 7 heteroatoms. The first-order valence-electron chi connectivity index (χ1n) is 7.82. The molecular weight excluding hydrogens is 313 g/mol. The van der Waals surface area contributed by atoms with E-state index in [9.17, 15) is 18.8 Å². The molecule has 1 amide bonds. The lowest BCUT2D eigenvalue weighted by atomic mass is 10.1. The van der Waals surface area contributed by atoms with Gasteiger partial charge in [-0.05, 0) is 25.8 Å². The third-order valence-corrected chi connectivity index (χ3v) is 4.20. The number of aromatic amines is 1. The Balaban J connectivity index is 1.85. The number of benzene rings is 1. The summed E-state index contributed by atoms with van der Waals surface area (Å²) < 4.78 is 15.2. The molecule has 1 N–H and O–H groups in total. The van der Waals surface area contributed by atoms with Crippen molar-refractivity contribution in [2.24, 2.45) is 0 Å². The van der Waals surface area contributed by atoms with E-state index in [1.807, 2.05) is 0 Å². The highest BCUT2D eigenvalue weighted by Crippen LogP contribution is 2.35. The summed E-state index contributed by atoms with van der Waals surface area (Å²) in [7, 11) is 0. The molecule has 1 aromatic carbocycles. The van der Waals surface area contributed by atoms with Gasteiger partial charge in [0.2, 0.25) is 5.91 Å². The van der Waals surface area contributed by atoms with Gasteiger partial charge in [-0.2, -0.15) is 0 Å². The highest BCUT2D eigenvalue weighted by atomic mass is 19.1. The van der Waals surface area contributed by atoms with Crippen molar-refractivity contribution in [1.82, 2.24) is 14.5 Å². The van der Waals surface area contributed by atoms with Crippen LogP contribution >= 0.6 is 0 Å². The van der Waals surface area contributed by atoms with E-state index in [1.54, 1.807) is 30.0 Å². The van der Waals surface area contributed by atoms with Gasteiger partial charge in [-0.25, -0.2) is 9.18 Å². The third kappa shape index (κ3) is 3.29. The van der Waals surface area contributed by atoms with E-state index in [1.165, 1.54) is 18.3 Å². The van der Waals surface area contributed by atoms with E-state index in [4.69, 9.17) is 0 Å². The average Bonchev–Trinajstić information content (AvgIpc) is 3.35. The van der Waals surface area contributed by atoms with Crippen molar-refractivity contribution in [3.05, 3.63) is 68.7 Å². The summed E-state index contributed by atoms with van der Waals surface area (Å²) >= 11 is 0. The van der Waals surface area contributed by atoms with Gasteiger partial charge in [0.25, 0.3) is 5.56 Å². The predicted molar refractivity (Wildman–Crippen MR) is 86.0 cm³/mol. The fraction of sp³-hybridized carbons (Fsp3) is 0.353. The SMILES string of the molecule is CC(c1ccccc1F)N(C(=O)Cn1ccc(=O)[nH]c1=O)C1CC1. The smallest absolute Gasteiger partial charge is 0.328 e. The van der Waals surface area contributed by atoms with E-state index in [-0.39, 0.29) is 24.3 Å². The van der Waals surface area contributed by atoms with Crippen molar-refractivity contribution < 1.29 is 9.18 Å². The van der Waals surface area contributed by atoms with Gasteiger partial charge in [-0.3, -0.25) is 19.1 Å². The minimum Gasteiger partial charge on any atom is -0.331 e. The molecule has 1 fully saturated rings. The number of carbonyl (C=O) groups is 1. The van der Waals surface area contributed by atoms with Crippen LogP contribution in [0.3, 0.4) is 0 Å². The zero-order valence-corrected chi connectivity index (χ0v) is 13.2. The van der Waals surface area contributed by atoms with Crippen LogP contribution in [0.2, 0.25) is 0 Å². The van der Waals surface area contributed by atoms with Crippen molar-refractivity contribution in [3.8, 4) is 0 Å². The Morgan fingerprint density at radius 3 is 2.67 bits per heavy atom. The van der Waals surface area contributed by atoms with Gasteiger partial charge in [0.05, 0.1) is 6.04 Å². The van der Waals surface area contributed by atoms with Gasteiger partial charge in [-0.1, -0.05) is 18.2 Å². The quantitative estimate of drug-likeness (QED) is 0.900. The topological polar surface area (TPSA) is 75.2 Å². The van der Waals surface area contributed by atoms with Crippen LogP contribution < -0.4 is 11.2 Å². The van der Waals surface area contributed by atoms with Gasteiger partial charge in [0, 0.05) is 23.9 Å². The number of aromatic nitrogens is 2. The highest BCUT2D eigenvalue weighted by Gasteiger charge is 2.36. The van der Waals surface area contributed by atoms with Crippen LogP contribution in [0.15, 0.2) is 46.1 Å². The maximum atomic E-state index is 14.1. The lowest BCUT2D eigenvalue weighted by molar-refractivity contribution is -0.134. The molecule has 1 aromatic heterocycles. The maximum absolute atomic E-state index is 14.1. The molecule has 1 unspecified atom stereocenters. The number of amides is 1. The van der Waals surface area contributed by atoms with Crippen molar-refractivity contribution in [3.63, 3.8) is 0 Å². The largest absolute Gasteiger partial charge is 0.331 e. The van der Waals surface area contributed by atoms with Gasteiger partial charge in [0.15, 0.2) is 0 Å². The molecule has 0 bridgehead atoms. The second-order valence-electron chi connectivity index (χ2n) is 5.97. The summed E-state index contributed by atoms with van der Waals surface area (Å²) in [4.78, 5) is 39.3. The van der Waals surface area contributed by atoms with Crippen LogP contribution in [-0.4, -0.2) is 26.4 Å². The number of halogens is 1. The van der Waals surface area contributed by atoms with E-state index < -0.39 is 17.3 Å². The number of nitrogens with zero attached hydrogens (tertiary/aromatic N) is 2. The lowest BCUT2D eigenvalue weighted by Gasteiger charge is -2.30. The standard InChI is InChI=1S/C17H18FN3O3/c1-11(13-4-2-3-5-14(13)18)21(12-6-7-12)16(23)10-20-9-8-15(22)19-17(20)24/h2-5,8-9,11-12H,6-7,10H2,1H3,(H,19,22,24). The van der Waals surface area contributed by atoms with Crippen molar-refractivity contribution >= 4 is 5.91 Å². The molecule has 1 aliphatic rings. The molecule has 1 aliphatic carbocycles. The second-order valence-corrected chi connectivity index (χ2v) is 5.97. The van der Waals surface area contributed by atoms with Gasteiger partial charge in [0.1, 0.15) is 12.4 Å². The lowest BCUT2D eigenvalue weighted by Crippen LogP contribution is -2.41. The van der Waals surface area contributed by atoms with Crippen LogP contribution in [0, 0.1) is 5.82 Å². The Morgan fingerprint density at radius 1 is 1.33 bits per heavy atom. The normalized spacial score (nSPS) is 15.1. The summed E-state index contributed by atoms with van der Waals surface area (Å²) in [6.07, 6.45) is 3.02. The van der Waals surface area contributed by atoms with Crippen LogP contribution in [0.25, 0.3) is 0 Å². The molecule has 2 aromatic rings. The van der Waals surface area contributed by atoms with E-state index in [0.29, 0.717) is 5.56 Å². The molecule has 0 spiro atoms. The van der Waals surface area contributed by atoms with Crippen LogP contribution in [0.5, 0.6) is 0 Å². The third-order valence-electron chi connectivity index (χ3n) is 4.20. The molecule has 6 nitrogen and oxygen atoms in total. The van der Waals surface area contributed by atoms with Crippen LogP contribution in [0.1, 0.15) is 31.4 Å². The van der Waals surface area contributed by atoms with Crippen molar-refractivity contribution in [2.45, 2.75) is 38.4 Å². The van der Waals surface area contributed by atoms with Gasteiger partial charge < -0.3 is 4.90 Å². The van der Waals surface area contributed by atoms with Crippen molar-refractivity contribution in [2.75, 3.05) is 0 Å². The number of hydrogen-bond acceptors (Lipinski definition) is 3. The number of hydrogen-bond donors (Lipinski definition) is 1. The Hall–Kier alpha value is -2.70. The molecule has 0 saturated heterocycles. The average molecular weight is 331 g/mol. The minimum atomic E-state index is -0.634. The summed E-state index contributed by atoms with van der Waals surface area (Å²) in [6, 6.07) is 7.19. The monoisotopic (exact) mass is 331 g/mol. The van der Waals surface area contributed by atoms with Crippen LogP contribution in [-0.2, 0) is 11.3 Å². The maximum Gasteiger partial charge on any atom is 0.328 e. The van der Waals surface area contributed by atoms with E-state index in [0.717, 1.165) is 17.4 Å². The fourth-order valence-corrected chi connectivity index (χ4v) is 2.85. The summed E-state index contributed by atoms with van der Waals surface area (Å²) in [5.74, 6) is -0.632. The molecule has 1 heterocycles. The second kappa shape index (κ2) is 6.43. The molecule has 24 heavy (non-hydrogen) atoms. The first kappa shape index (κ1) is 16.2. The predicted octanol–water partition coefficient (Wildman–Crippen LogP) is 1.43. The molecule has 1 atom stereocenters. The molecule has 0 aliphatic heterocycles. The summed E-state index contributed by atoms with van der Waals surface area (Å²) in [5.41, 5.74) is -0.695. The number of carbonyl (C=O) groups excluding carboxylic acids is 1.